The topological polar surface area (TPSA) is 39.2 Å². The fourth-order valence-electron chi connectivity index (χ4n) is 4.78. The molecule has 2 aliphatic heterocycles. The van der Waals surface area contributed by atoms with Gasteiger partial charge in [-0.05, 0) is 29.3 Å². The monoisotopic (exact) mass is 490 g/mol. The minimum absolute atomic E-state index is 0.0853. The van der Waals surface area contributed by atoms with Crippen LogP contribution < -0.4 is 0 Å². The lowest BCUT2D eigenvalue weighted by molar-refractivity contribution is -0.134. The van der Waals surface area contributed by atoms with Crippen LogP contribution in [0, 0.1) is 5.82 Å². The Bertz CT molecular complexity index is 1210. The zero-order valence-electron chi connectivity index (χ0n) is 19.5. The Morgan fingerprint density at radius 2 is 1.63 bits per heavy atom. The van der Waals surface area contributed by atoms with Gasteiger partial charge in [-0.25, -0.2) is 9.40 Å². The van der Waals surface area contributed by atoms with Crippen molar-refractivity contribution in [1.82, 2.24) is 14.8 Å². The third-order valence-electron chi connectivity index (χ3n) is 6.66. The first-order valence-electron chi connectivity index (χ1n) is 12.0. The van der Waals surface area contributed by atoms with Crippen molar-refractivity contribution >= 4 is 23.2 Å². The lowest BCUT2D eigenvalue weighted by Crippen LogP contribution is -2.49. The third-order valence-corrected chi connectivity index (χ3v) is 6.99. The van der Waals surface area contributed by atoms with E-state index in [0.717, 1.165) is 49.6 Å². The van der Waals surface area contributed by atoms with E-state index in [9.17, 15) is 9.18 Å². The molecular weight excluding hydrogens is 463 g/mol. The Kier molecular flexibility index (Phi) is 7.23. The highest BCUT2D eigenvalue weighted by Gasteiger charge is 2.34. The number of hydrazone groups is 1. The maximum Gasteiger partial charge on any atom is 0.257 e. The summed E-state index contributed by atoms with van der Waals surface area (Å²) in [5.41, 5.74) is 3.58. The van der Waals surface area contributed by atoms with E-state index in [1.807, 2.05) is 36.4 Å². The van der Waals surface area contributed by atoms with Crippen molar-refractivity contribution in [2.24, 2.45) is 5.10 Å². The summed E-state index contributed by atoms with van der Waals surface area (Å²) in [4.78, 5) is 18.0. The second-order valence-electron chi connectivity index (χ2n) is 9.08. The first-order chi connectivity index (χ1) is 17.1. The van der Waals surface area contributed by atoms with Crippen LogP contribution in [-0.2, 0) is 11.3 Å². The van der Waals surface area contributed by atoms with Crippen LogP contribution >= 0.6 is 11.6 Å². The Morgan fingerprint density at radius 1 is 0.914 bits per heavy atom. The molecule has 3 aromatic rings. The summed E-state index contributed by atoms with van der Waals surface area (Å²) >= 11 is 6.42. The van der Waals surface area contributed by atoms with Gasteiger partial charge in [0.1, 0.15) is 5.82 Å². The molecule has 1 atom stereocenters. The maximum atomic E-state index is 14.0. The van der Waals surface area contributed by atoms with Crippen LogP contribution in [0.1, 0.15) is 29.2 Å². The molecule has 0 saturated carbocycles. The number of halogens is 2. The van der Waals surface area contributed by atoms with E-state index >= 15 is 0 Å². The van der Waals surface area contributed by atoms with Gasteiger partial charge in [0.25, 0.3) is 5.91 Å². The largest absolute Gasteiger partial charge is 0.297 e. The van der Waals surface area contributed by atoms with Crippen LogP contribution in [0.2, 0.25) is 5.02 Å². The van der Waals surface area contributed by atoms with E-state index in [1.54, 1.807) is 6.07 Å². The van der Waals surface area contributed by atoms with E-state index in [-0.39, 0.29) is 24.3 Å². The minimum atomic E-state index is -0.358. The van der Waals surface area contributed by atoms with Crippen LogP contribution in [0.4, 0.5) is 4.39 Å². The van der Waals surface area contributed by atoms with E-state index in [2.05, 4.69) is 34.1 Å². The Hall–Kier alpha value is -3.06. The molecule has 1 amide bonds. The Labute approximate surface area is 210 Å². The second kappa shape index (κ2) is 10.7. The molecule has 0 radical (unpaired) electrons. The lowest BCUT2D eigenvalue weighted by Gasteiger charge is -2.35. The van der Waals surface area contributed by atoms with Crippen molar-refractivity contribution in [3.05, 3.63) is 106 Å². The van der Waals surface area contributed by atoms with Gasteiger partial charge in [0.05, 0.1) is 18.3 Å². The van der Waals surface area contributed by atoms with Crippen molar-refractivity contribution in [2.75, 3.05) is 32.7 Å². The highest BCUT2D eigenvalue weighted by atomic mass is 35.5. The van der Waals surface area contributed by atoms with Crippen LogP contribution in [-0.4, -0.2) is 59.2 Å². The molecule has 7 heteroatoms. The molecule has 2 heterocycles. The number of nitrogens with zero attached hydrogens (tertiary/aromatic N) is 4. The van der Waals surface area contributed by atoms with E-state index in [0.29, 0.717) is 11.4 Å². The van der Waals surface area contributed by atoms with Gasteiger partial charge in [-0.3, -0.25) is 14.6 Å². The molecule has 35 heavy (non-hydrogen) atoms. The molecule has 0 aliphatic carbocycles. The molecule has 3 aromatic carbocycles. The van der Waals surface area contributed by atoms with E-state index in [1.165, 1.54) is 22.7 Å². The number of hydrogen-bond acceptors (Lipinski definition) is 4. The average molecular weight is 491 g/mol. The number of hydrogen-bond donors (Lipinski definition) is 0. The predicted molar refractivity (Wildman–Crippen MR) is 137 cm³/mol. The smallest absolute Gasteiger partial charge is 0.257 e. The molecule has 1 unspecified atom stereocenters. The van der Waals surface area contributed by atoms with Gasteiger partial charge in [-0.15, -0.1) is 0 Å². The summed E-state index contributed by atoms with van der Waals surface area (Å²) in [6, 6.07) is 24.0. The average Bonchev–Trinajstić information content (AvgIpc) is 3.32. The summed E-state index contributed by atoms with van der Waals surface area (Å²) in [5.74, 6) is -0.409. The van der Waals surface area contributed by atoms with Gasteiger partial charge in [-0.1, -0.05) is 72.3 Å². The molecule has 1 saturated heterocycles. The van der Waals surface area contributed by atoms with Crippen LogP contribution in [0.5, 0.6) is 0 Å². The van der Waals surface area contributed by atoms with Gasteiger partial charge in [0, 0.05) is 49.7 Å². The van der Waals surface area contributed by atoms with E-state index in [4.69, 9.17) is 16.7 Å². The SMILES string of the molecule is O=C(CN1CCN(Cc2ccccc2)CC1)N1N=C(c2ccccc2Cl)CC1c1cccc(F)c1. The summed E-state index contributed by atoms with van der Waals surface area (Å²) in [5, 5.41) is 6.82. The van der Waals surface area contributed by atoms with Crippen molar-refractivity contribution in [2.45, 2.75) is 19.0 Å². The van der Waals surface area contributed by atoms with Crippen LogP contribution in [0.25, 0.3) is 0 Å². The zero-order chi connectivity index (χ0) is 24.2. The molecule has 0 aromatic heterocycles. The summed E-state index contributed by atoms with van der Waals surface area (Å²) in [6.07, 6.45) is 0.490. The first-order valence-corrected chi connectivity index (χ1v) is 12.3. The number of rotatable bonds is 6. The highest BCUT2D eigenvalue weighted by Crippen LogP contribution is 2.34. The van der Waals surface area contributed by atoms with Crippen molar-refractivity contribution in [3.8, 4) is 0 Å². The van der Waals surface area contributed by atoms with Gasteiger partial charge in [0.2, 0.25) is 0 Å². The summed E-state index contributed by atoms with van der Waals surface area (Å²) < 4.78 is 14.0. The maximum absolute atomic E-state index is 14.0. The molecular formula is C28H28ClFN4O. The molecule has 180 valence electrons. The van der Waals surface area contributed by atoms with Crippen molar-refractivity contribution in [3.63, 3.8) is 0 Å². The second-order valence-corrected chi connectivity index (χ2v) is 9.48. The van der Waals surface area contributed by atoms with Crippen molar-refractivity contribution in [1.29, 1.82) is 0 Å². The molecule has 0 spiro atoms. The molecule has 2 aliphatic rings. The molecule has 5 rings (SSSR count). The molecule has 0 bridgehead atoms. The zero-order valence-corrected chi connectivity index (χ0v) is 20.2. The Balaban J connectivity index is 1.28. The van der Waals surface area contributed by atoms with E-state index < -0.39 is 0 Å². The Morgan fingerprint density at radius 3 is 2.37 bits per heavy atom. The summed E-state index contributed by atoms with van der Waals surface area (Å²) in [6.45, 7) is 4.65. The van der Waals surface area contributed by atoms with Crippen LogP contribution in [0.3, 0.4) is 0 Å². The number of carbonyl (C=O) groups is 1. The van der Waals surface area contributed by atoms with Crippen molar-refractivity contribution < 1.29 is 9.18 Å². The van der Waals surface area contributed by atoms with Crippen LogP contribution in [0.15, 0.2) is 84.0 Å². The number of carbonyl (C=O) groups excluding carboxylic acids is 1. The highest BCUT2D eigenvalue weighted by molar-refractivity contribution is 6.34. The fraction of sp³-hybridized carbons (Fsp3) is 0.286. The van der Waals surface area contributed by atoms with Gasteiger partial charge < -0.3 is 0 Å². The summed E-state index contributed by atoms with van der Waals surface area (Å²) in [7, 11) is 0. The molecule has 1 fully saturated rings. The number of amides is 1. The van der Waals surface area contributed by atoms with Gasteiger partial charge >= 0.3 is 0 Å². The molecule has 5 nitrogen and oxygen atoms in total. The third kappa shape index (κ3) is 5.61. The standard InChI is InChI=1S/C28H28ClFN4O/c29-25-12-5-4-11-24(25)26-18-27(22-9-6-10-23(30)17-22)34(31-26)28(35)20-33-15-13-32(14-16-33)19-21-7-2-1-3-8-21/h1-12,17,27H,13-16,18-20H2. The quantitative estimate of drug-likeness (QED) is 0.489. The lowest BCUT2D eigenvalue weighted by atomic mass is 9.98. The first kappa shape index (κ1) is 23.7. The normalized spacial score (nSPS) is 19.1. The fourth-order valence-corrected chi connectivity index (χ4v) is 5.03. The number of piperazine rings is 1. The van der Waals surface area contributed by atoms with Gasteiger partial charge in [-0.2, -0.15) is 5.10 Å². The van der Waals surface area contributed by atoms with Gasteiger partial charge in [0.15, 0.2) is 0 Å². The predicted octanol–water partition coefficient (Wildman–Crippen LogP) is 4.97. The minimum Gasteiger partial charge on any atom is -0.297 e. The number of benzene rings is 3. The molecule has 0 N–H and O–H groups in total.